The van der Waals surface area contributed by atoms with Crippen LogP contribution in [-0.2, 0) is 4.79 Å². The van der Waals surface area contributed by atoms with Crippen molar-refractivity contribution >= 4 is 17.5 Å². The molecule has 6 nitrogen and oxygen atoms in total. The van der Waals surface area contributed by atoms with Gasteiger partial charge in [0.05, 0.1) is 17.2 Å². The smallest absolute Gasteiger partial charge is 0.248 e. The highest BCUT2D eigenvalue weighted by Crippen LogP contribution is 2.45. The summed E-state index contributed by atoms with van der Waals surface area (Å²) < 4.78 is 15.1. The standard InChI is InChI=1S/C28H34FN3O3/c1-18-23(19-2-4-20(5-3-19)26(30)34)10-11-24(29)25(18)31-15-12-28(13-16-31)14-17-32(27(28)35)21-6-8-22(33)9-7-21/h2-5,10-11,21-22,33H,6-9,12-17H2,1H3,(H2,30,34). The zero-order chi connectivity index (χ0) is 24.7. The van der Waals surface area contributed by atoms with E-state index in [-0.39, 0.29) is 29.3 Å². The molecule has 0 aromatic heterocycles. The Morgan fingerprint density at radius 2 is 1.63 bits per heavy atom. The summed E-state index contributed by atoms with van der Waals surface area (Å²) in [5.41, 5.74) is 8.74. The minimum atomic E-state index is -0.476. The quantitative estimate of drug-likeness (QED) is 0.694. The molecule has 3 fully saturated rings. The summed E-state index contributed by atoms with van der Waals surface area (Å²) in [7, 11) is 0. The number of nitrogens with zero attached hydrogens (tertiary/aromatic N) is 2. The molecule has 2 aromatic rings. The Morgan fingerprint density at radius 3 is 2.26 bits per heavy atom. The molecular weight excluding hydrogens is 445 g/mol. The van der Waals surface area contributed by atoms with Crippen LogP contribution in [0.3, 0.4) is 0 Å². The van der Waals surface area contributed by atoms with Crippen molar-refractivity contribution in [1.29, 1.82) is 0 Å². The van der Waals surface area contributed by atoms with E-state index in [1.54, 1.807) is 18.2 Å². The molecule has 2 heterocycles. The van der Waals surface area contributed by atoms with Crippen molar-refractivity contribution in [3.8, 4) is 11.1 Å². The Morgan fingerprint density at radius 1 is 1.00 bits per heavy atom. The van der Waals surface area contributed by atoms with Crippen molar-refractivity contribution in [2.45, 2.75) is 64.0 Å². The van der Waals surface area contributed by atoms with Crippen LogP contribution in [0.1, 0.15) is 60.9 Å². The first-order valence-electron chi connectivity index (χ1n) is 12.7. The van der Waals surface area contributed by atoms with Crippen LogP contribution in [0.25, 0.3) is 11.1 Å². The first-order valence-corrected chi connectivity index (χ1v) is 12.7. The lowest BCUT2D eigenvalue weighted by molar-refractivity contribution is -0.139. The summed E-state index contributed by atoms with van der Waals surface area (Å²) in [5, 5.41) is 9.83. The maximum atomic E-state index is 15.1. The molecule has 0 radical (unpaired) electrons. The van der Waals surface area contributed by atoms with Gasteiger partial charge in [-0.3, -0.25) is 9.59 Å². The molecule has 2 aromatic carbocycles. The van der Waals surface area contributed by atoms with Gasteiger partial charge in [0.25, 0.3) is 0 Å². The SMILES string of the molecule is Cc1c(-c2ccc(C(N)=O)cc2)ccc(F)c1N1CCC2(CC1)CCN(C1CCC(O)CC1)C2=O. The summed E-state index contributed by atoms with van der Waals surface area (Å²) in [6.45, 7) is 4.01. The summed E-state index contributed by atoms with van der Waals surface area (Å²) >= 11 is 0. The number of amides is 2. The number of carbonyl (C=O) groups excluding carboxylic acids is 2. The van der Waals surface area contributed by atoms with Crippen molar-refractivity contribution < 1.29 is 19.1 Å². The predicted molar refractivity (Wildman–Crippen MR) is 134 cm³/mol. The number of benzene rings is 2. The van der Waals surface area contributed by atoms with Gasteiger partial charge in [-0.2, -0.15) is 0 Å². The molecular formula is C28H34FN3O3. The van der Waals surface area contributed by atoms with Gasteiger partial charge in [-0.25, -0.2) is 4.39 Å². The molecule has 2 saturated heterocycles. The Hall–Kier alpha value is -2.93. The van der Waals surface area contributed by atoms with Gasteiger partial charge in [-0.15, -0.1) is 0 Å². The number of aliphatic hydroxyl groups is 1. The summed E-state index contributed by atoms with van der Waals surface area (Å²) in [6, 6.07) is 10.6. The summed E-state index contributed by atoms with van der Waals surface area (Å²) in [5.74, 6) is -0.466. The van der Waals surface area contributed by atoms with Gasteiger partial charge in [0, 0.05) is 31.2 Å². The molecule has 1 aliphatic carbocycles. The van der Waals surface area contributed by atoms with E-state index in [1.807, 2.05) is 19.1 Å². The molecule has 5 rings (SSSR count). The largest absolute Gasteiger partial charge is 0.393 e. The number of primary amides is 1. The second-order valence-corrected chi connectivity index (χ2v) is 10.5. The van der Waals surface area contributed by atoms with Gasteiger partial charge in [0.15, 0.2) is 0 Å². The Labute approximate surface area is 205 Å². The van der Waals surface area contributed by atoms with E-state index in [0.717, 1.165) is 68.2 Å². The summed E-state index contributed by atoms with van der Waals surface area (Å²) in [4.78, 5) is 29.1. The molecule has 3 aliphatic rings. The second kappa shape index (κ2) is 9.26. The fourth-order valence-corrected chi connectivity index (χ4v) is 6.37. The molecule has 186 valence electrons. The first-order chi connectivity index (χ1) is 16.8. The Balaban J connectivity index is 1.32. The third-order valence-electron chi connectivity index (χ3n) is 8.55. The Kier molecular flexibility index (Phi) is 6.30. The molecule has 0 unspecified atom stereocenters. The van der Waals surface area contributed by atoms with Crippen LogP contribution < -0.4 is 10.6 Å². The number of hydrogen-bond donors (Lipinski definition) is 2. The third-order valence-corrected chi connectivity index (χ3v) is 8.55. The van der Waals surface area contributed by atoms with Crippen LogP contribution in [0.5, 0.6) is 0 Å². The van der Waals surface area contributed by atoms with Crippen molar-refractivity contribution in [3.63, 3.8) is 0 Å². The number of nitrogens with two attached hydrogens (primary N) is 1. The number of likely N-dealkylation sites (tertiary alicyclic amines) is 1. The highest BCUT2D eigenvalue weighted by Gasteiger charge is 2.50. The van der Waals surface area contributed by atoms with Crippen LogP contribution in [-0.4, -0.2) is 53.6 Å². The number of hydrogen-bond acceptors (Lipinski definition) is 4. The monoisotopic (exact) mass is 479 g/mol. The fraction of sp³-hybridized carbons (Fsp3) is 0.500. The van der Waals surface area contributed by atoms with Crippen LogP contribution >= 0.6 is 0 Å². The Bertz CT molecular complexity index is 1120. The van der Waals surface area contributed by atoms with Crippen LogP contribution in [0.4, 0.5) is 10.1 Å². The highest BCUT2D eigenvalue weighted by molar-refractivity contribution is 5.93. The van der Waals surface area contributed by atoms with E-state index in [2.05, 4.69) is 9.80 Å². The van der Waals surface area contributed by atoms with E-state index in [0.29, 0.717) is 24.3 Å². The molecule has 0 bridgehead atoms. The van der Waals surface area contributed by atoms with Crippen molar-refractivity contribution in [2.24, 2.45) is 11.1 Å². The highest BCUT2D eigenvalue weighted by atomic mass is 19.1. The van der Waals surface area contributed by atoms with Gasteiger partial charge >= 0.3 is 0 Å². The van der Waals surface area contributed by atoms with E-state index < -0.39 is 5.91 Å². The number of rotatable bonds is 4. The van der Waals surface area contributed by atoms with Crippen molar-refractivity contribution in [1.82, 2.24) is 4.90 Å². The number of anilines is 1. The van der Waals surface area contributed by atoms with Gasteiger partial charge in [-0.05, 0) is 86.8 Å². The normalized spacial score (nSPS) is 24.3. The maximum Gasteiger partial charge on any atom is 0.248 e. The van der Waals surface area contributed by atoms with Crippen LogP contribution in [0, 0.1) is 18.2 Å². The minimum Gasteiger partial charge on any atom is -0.393 e. The molecule has 35 heavy (non-hydrogen) atoms. The second-order valence-electron chi connectivity index (χ2n) is 10.5. The zero-order valence-electron chi connectivity index (χ0n) is 20.3. The maximum absolute atomic E-state index is 15.1. The average Bonchev–Trinajstić information content (AvgIpc) is 3.16. The lowest BCUT2D eigenvalue weighted by Gasteiger charge is -2.41. The number of piperidine rings is 1. The molecule has 2 aliphatic heterocycles. The third kappa shape index (κ3) is 4.31. The minimum absolute atomic E-state index is 0.226. The van der Waals surface area contributed by atoms with Gasteiger partial charge in [0.2, 0.25) is 11.8 Å². The lowest BCUT2D eigenvalue weighted by atomic mass is 9.76. The molecule has 0 atom stereocenters. The van der Waals surface area contributed by atoms with E-state index in [9.17, 15) is 14.7 Å². The topological polar surface area (TPSA) is 86.9 Å². The van der Waals surface area contributed by atoms with E-state index in [4.69, 9.17) is 5.73 Å². The summed E-state index contributed by atoms with van der Waals surface area (Å²) in [6.07, 6.45) is 5.41. The van der Waals surface area contributed by atoms with Gasteiger partial charge in [-0.1, -0.05) is 18.2 Å². The zero-order valence-corrected chi connectivity index (χ0v) is 20.3. The van der Waals surface area contributed by atoms with Crippen molar-refractivity contribution in [2.75, 3.05) is 24.5 Å². The number of aliphatic hydroxyl groups excluding tert-OH is 1. The number of carbonyl (C=O) groups is 2. The number of halogens is 1. The van der Waals surface area contributed by atoms with Crippen molar-refractivity contribution in [3.05, 3.63) is 53.3 Å². The van der Waals surface area contributed by atoms with E-state index >= 15 is 4.39 Å². The molecule has 2 amide bonds. The van der Waals surface area contributed by atoms with E-state index in [1.165, 1.54) is 6.07 Å². The molecule has 1 saturated carbocycles. The van der Waals surface area contributed by atoms with Crippen LogP contribution in [0.2, 0.25) is 0 Å². The molecule has 7 heteroatoms. The lowest BCUT2D eigenvalue weighted by Crippen LogP contribution is -2.47. The average molecular weight is 480 g/mol. The molecule has 3 N–H and O–H groups in total. The van der Waals surface area contributed by atoms with Gasteiger partial charge in [0.1, 0.15) is 5.82 Å². The van der Waals surface area contributed by atoms with Crippen LogP contribution in [0.15, 0.2) is 36.4 Å². The molecule has 1 spiro atoms. The predicted octanol–water partition coefficient (Wildman–Crippen LogP) is 4.02. The first kappa shape index (κ1) is 23.8. The fourth-order valence-electron chi connectivity index (χ4n) is 6.37. The van der Waals surface area contributed by atoms with Gasteiger partial charge < -0.3 is 20.6 Å².